The van der Waals surface area contributed by atoms with Gasteiger partial charge in [0.1, 0.15) is 23.3 Å². The number of aldehydes is 1. The van der Waals surface area contributed by atoms with Crippen molar-refractivity contribution in [1.29, 1.82) is 0 Å². The molecule has 0 spiro atoms. The number of nitrogen functional groups attached to an aromatic ring is 1. The summed E-state index contributed by atoms with van der Waals surface area (Å²) in [6.45, 7) is 0.571. The summed E-state index contributed by atoms with van der Waals surface area (Å²) in [5, 5.41) is 34.3. The van der Waals surface area contributed by atoms with Crippen molar-refractivity contribution < 1.29 is 83.7 Å². The number of aryl methyl sites for hydroxylation is 2. The Hall–Kier alpha value is -6.19. The zero-order chi connectivity index (χ0) is 80.3. The maximum atomic E-state index is 13.7. The summed E-state index contributed by atoms with van der Waals surface area (Å²) in [5.74, 6) is 3.44. The van der Waals surface area contributed by atoms with Crippen LogP contribution in [0.25, 0.3) is 66.3 Å². The smallest absolute Gasteiger partial charge is 1.00 e. The van der Waals surface area contributed by atoms with Gasteiger partial charge in [0.2, 0.25) is 0 Å². The van der Waals surface area contributed by atoms with Crippen LogP contribution in [-0.4, -0.2) is 115 Å². The Morgan fingerprint density at radius 2 is 0.939 bits per heavy atom. The minimum absolute atomic E-state index is 0. The van der Waals surface area contributed by atoms with Crippen molar-refractivity contribution >= 4 is 266 Å². The Morgan fingerprint density at radius 1 is 0.518 bits per heavy atom. The van der Waals surface area contributed by atoms with E-state index in [9.17, 15) is 22.4 Å². The fourth-order valence-electron chi connectivity index (χ4n) is 9.78. The molecular formula is C71H58AlBBr4Cl9F4LiN19NaO3. The SMILES string of the molecule is Brc1cnc2cc[nH]c2c1.Cn1cc(-c2cnc3ccn(NCc4c(Cl)ccc(F)c4Cl)c3c2)cn1.Cn1cc(B(O)O)cn1.Fc1ccc(Cl)c(/C=N/n2ccc3ncc(Br)cc32)c1Cl.Fc1ccc(Cl)c(CNn2ccc3ncc(Br)cc32)c1Cl.NCl.Nn1ccc2ncc(Br)cc21.O=Cc1c(Cl)ccc(F)c1Cl.[AlH3].[H-].[H-].[Li+].[Na+]. The summed E-state index contributed by atoms with van der Waals surface area (Å²) >= 11 is 64.6. The van der Waals surface area contributed by atoms with Gasteiger partial charge in [-0.05, 0) is 185 Å². The number of carbonyl (C=O) groups is 1. The monoisotopic (exact) mass is 2000 g/mol. The number of rotatable bonds is 11. The molecule has 43 heteroatoms. The van der Waals surface area contributed by atoms with Crippen molar-refractivity contribution in [1.82, 2.24) is 68.2 Å². The summed E-state index contributed by atoms with van der Waals surface area (Å²) < 4.78 is 66.9. The normalized spacial score (nSPS) is 10.4. The van der Waals surface area contributed by atoms with Gasteiger partial charge < -0.3 is 34.6 Å². The maximum Gasteiger partial charge on any atom is 1.00 e. The molecule has 16 aromatic rings. The zero-order valence-corrected chi connectivity index (χ0v) is 73.9. The Labute approximate surface area is 774 Å². The molecule has 0 unspecified atom stereocenters. The van der Waals surface area contributed by atoms with Gasteiger partial charge in [0.15, 0.2) is 23.6 Å². The number of aromatic amines is 1. The van der Waals surface area contributed by atoms with Gasteiger partial charge in [0, 0.05) is 156 Å². The number of benzene rings is 4. The first kappa shape index (κ1) is 96.7. The molecule has 0 saturated carbocycles. The summed E-state index contributed by atoms with van der Waals surface area (Å²) in [7, 11) is 2.18. The van der Waals surface area contributed by atoms with Crippen LogP contribution in [-0.2, 0) is 27.2 Å². The van der Waals surface area contributed by atoms with E-state index in [4.69, 9.17) is 109 Å². The average molecular weight is 2010 g/mol. The molecule has 0 fully saturated rings. The van der Waals surface area contributed by atoms with Crippen LogP contribution in [0, 0.1) is 23.3 Å². The van der Waals surface area contributed by atoms with Gasteiger partial charge in [-0.25, -0.2) is 27.5 Å². The molecule has 0 atom stereocenters. The Balaban J connectivity index is 0.000000291. The minimum Gasteiger partial charge on any atom is -1.00 e. The van der Waals surface area contributed by atoms with Crippen molar-refractivity contribution in [3.8, 4) is 11.1 Å². The standard InChI is InChI=1S/C18H14Cl2FN5.C14H9BrCl2FN3.C14H7BrCl2FN3.C7H6BrN3.C7H5BrN2.C7H3Cl2FO.C4H7BN2O2.Al.ClH2N.Li.Na.5H/c1-25-10-12(8-23-25)11-6-17-16(22-7-11)4-5-26(17)24-9-13-14(19)2-3-15(21)18(13)20;2*15-8-5-13-12(19-6-8)3-4-21(13)20-7-9-10(16)1-2-11(18)14(9)17;8-5-3-7-6(10-4-5)1-2-11(7)9;8-5-3-7-6(10-4-5)1-2-9-7;8-5-1-2-6(10)7(9)4(5)3-11;1-7-3-4(2-6-7)5(8)9;;1-2;;;;;;;/h2-8,10,24H,9H2,1H3;1-6,20H,7H2;1-7H;1-4H,9H2;1-4,9H;1-3H;2-3,8-9H,1H3;;2H2;;;;;;;/q;;;;;;;;;2*+1;;;;2*-1/b;;20-7+;;;;;;;;;;;;;. The zero-order valence-electron chi connectivity index (χ0n) is 60.8. The number of pyridine rings is 5. The van der Waals surface area contributed by atoms with E-state index in [1.54, 1.807) is 75.3 Å². The van der Waals surface area contributed by atoms with Crippen molar-refractivity contribution in [3.63, 3.8) is 0 Å². The third-order valence-corrected chi connectivity index (χ3v) is 19.9. The van der Waals surface area contributed by atoms with Gasteiger partial charge in [0.25, 0.3) is 0 Å². The molecule has 0 radical (unpaired) electrons. The topological polar surface area (TPSA) is 282 Å². The van der Waals surface area contributed by atoms with Crippen molar-refractivity contribution in [2.45, 2.75) is 13.1 Å². The van der Waals surface area contributed by atoms with E-state index in [-0.39, 0.29) is 106 Å². The van der Waals surface area contributed by atoms with Crippen LogP contribution in [0.15, 0.2) is 219 Å². The third kappa shape index (κ3) is 25.9. The predicted molar refractivity (Wildman–Crippen MR) is 464 cm³/mol. The van der Waals surface area contributed by atoms with Crippen LogP contribution in [0.1, 0.15) is 29.9 Å². The van der Waals surface area contributed by atoms with Crippen molar-refractivity contribution in [2.24, 2.45) is 24.4 Å². The second-order valence-corrected chi connectivity index (χ2v) is 29.3. The number of nitrogens with one attached hydrogen (secondary N) is 3. The second-order valence-electron chi connectivity index (χ2n) is 22.5. The molecule has 9 N–H and O–H groups in total. The van der Waals surface area contributed by atoms with Gasteiger partial charge in [0.05, 0.1) is 116 Å². The Morgan fingerprint density at radius 3 is 1.43 bits per heavy atom. The number of nitrogens with zero attached hydrogens (tertiary/aromatic N) is 14. The number of aromatic nitrogens is 14. The largest absolute Gasteiger partial charge is 1.00 e. The number of H-pyrrole nitrogens is 1. The molecular weight excluding hydrogens is 1950 g/mol. The van der Waals surface area contributed by atoms with Crippen LogP contribution < -0.4 is 75.8 Å². The Bertz CT molecular complexity index is 5990. The van der Waals surface area contributed by atoms with E-state index in [1.807, 2.05) is 103 Å². The van der Waals surface area contributed by atoms with E-state index in [0.29, 0.717) is 50.1 Å². The maximum absolute atomic E-state index is 13.7. The average Bonchev–Trinajstić information content (AvgIpc) is 1.66. The number of nitrogens with two attached hydrogens (primary N) is 2. The van der Waals surface area contributed by atoms with Gasteiger partial charge in [-0.2, -0.15) is 15.3 Å². The first-order valence-electron chi connectivity index (χ1n) is 31.4. The van der Waals surface area contributed by atoms with Crippen LogP contribution in [0.2, 0.25) is 40.2 Å². The van der Waals surface area contributed by atoms with Crippen molar-refractivity contribution in [3.05, 3.63) is 300 Å². The summed E-state index contributed by atoms with van der Waals surface area (Å²) in [4.78, 5) is 34.7. The number of halogens is 17. The molecule has 0 aliphatic rings. The van der Waals surface area contributed by atoms with E-state index >= 15 is 0 Å². The number of fused-ring (bicyclic) bond motifs is 5. The third-order valence-electron chi connectivity index (χ3n) is 15.2. The van der Waals surface area contributed by atoms with Crippen LogP contribution in [0.3, 0.4) is 0 Å². The number of carbonyl (C=O) groups excluding carboxylic acids is 1. The first-order valence-corrected chi connectivity index (χ1v) is 38.0. The molecule has 0 bridgehead atoms. The summed E-state index contributed by atoms with van der Waals surface area (Å²) in [6, 6.07) is 29.7. The molecule has 0 saturated heterocycles. The van der Waals surface area contributed by atoms with Crippen LogP contribution in [0.4, 0.5) is 17.6 Å². The molecule has 582 valence electrons. The van der Waals surface area contributed by atoms with Crippen molar-refractivity contribution in [2.75, 3.05) is 16.7 Å². The van der Waals surface area contributed by atoms with Gasteiger partial charge in [-0.15, -0.1) is 0 Å². The van der Waals surface area contributed by atoms with Gasteiger partial charge >= 0.3 is 55.5 Å². The molecule has 12 heterocycles. The molecule has 0 amide bonds. The van der Waals surface area contributed by atoms with E-state index in [1.165, 1.54) is 59.6 Å². The quantitative estimate of drug-likeness (QED) is 0.0121. The predicted octanol–water partition coefficient (Wildman–Crippen LogP) is 12.8. The molecule has 22 nitrogen and oxygen atoms in total. The van der Waals surface area contributed by atoms with E-state index in [2.05, 4.69) is 137 Å². The first-order chi connectivity index (χ1) is 53.1. The van der Waals surface area contributed by atoms with Crippen LogP contribution in [0.5, 0.6) is 0 Å². The molecule has 114 heavy (non-hydrogen) atoms. The molecule has 4 aromatic carbocycles. The minimum atomic E-state index is -1.40. The Kier molecular flexibility index (Phi) is 39.2. The molecule has 12 aromatic heterocycles. The molecule has 0 aliphatic heterocycles. The second kappa shape index (κ2) is 46.2. The number of hydrogen-bond acceptors (Lipinski definition) is 15. The number of hydrogen-bond donors (Lipinski definition) is 7. The van der Waals surface area contributed by atoms with E-state index < -0.39 is 30.4 Å². The van der Waals surface area contributed by atoms with Crippen LogP contribution >= 0.6 is 168 Å². The van der Waals surface area contributed by atoms with Gasteiger partial charge in [-0.3, -0.25) is 53.1 Å². The molecule has 0 aliphatic carbocycles. The fraction of sp³-hybridized carbons (Fsp3) is 0.0563. The summed E-state index contributed by atoms with van der Waals surface area (Å²) in [6.07, 6.45) is 26.4. The summed E-state index contributed by atoms with van der Waals surface area (Å²) in [5.41, 5.74) is 19.0. The van der Waals surface area contributed by atoms with Gasteiger partial charge in [-0.1, -0.05) is 92.8 Å². The van der Waals surface area contributed by atoms with E-state index in [0.717, 1.165) is 90.3 Å². The fourth-order valence-corrected chi connectivity index (χ4v) is 13.0. The molecule has 16 rings (SSSR count).